The van der Waals surface area contributed by atoms with Gasteiger partial charge in [0, 0.05) is 24.0 Å². The van der Waals surface area contributed by atoms with E-state index >= 15 is 0 Å². The quantitative estimate of drug-likeness (QED) is 0.432. The second kappa shape index (κ2) is 11.2. The molecule has 3 amide bonds. The molecule has 2 rings (SSSR count). The van der Waals surface area contributed by atoms with Crippen LogP contribution in [0.5, 0.6) is 11.5 Å². The number of rotatable bonds is 9. The molecule has 0 atom stereocenters. The number of hydrazone groups is 1. The van der Waals surface area contributed by atoms with Crippen molar-refractivity contribution in [1.29, 1.82) is 0 Å². The summed E-state index contributed by atoms with van der Waals surface area (Å²) in [6, 6.07) is 13.5. The molecule has 0 aliphatic heterocycles. The van der Waals surface area contributed by atoms with Crippen LogP contribution in [0, 0.1) is 0 Å². The number of amides is 3. The first-order valence-corrected chi connectivity index (χ1v) is 9.12. The van der Waals surface area contributed by atoms with Crippen LogP contribution in [-0.2, 0) is 14.4 Å². The van der Waals surface area contributed by atoms with Gasteiger partial charge < -0.3 is 20.1 Å². The van der Waals surface area contributed by atoms with Crippen LogP contribution in [0.3, 0.4) is 0 Å². The highest BCUT2D eigenvalue weighted by Crippen LogP contribution is 2.17. The van der Waals surface area contributed by atoms with Gasteiger partial charge in [0.05, 0.1) is 13.5 Å². The SMILES string of the molecule is COc1ccc(OCC(=O)N/N=C(/C)CC(=O)Nc2ccc(NC(C)=O)cc2)cc1. The van der Waals surface area contributed by atoms with E-state index in [4.69, 9.17) is 9.47 Å². The van der Waals surface area contributed by atoms with Gasteiger partial charge in [-0.25, -0.2) is 5.43 Å². The maximum atomic E-state index is 12.1. The molecule has 30 heavy (non-hydrogen) atoms. The molecule has 9 heteroatoms. The Morgan fingerprint density at radius 1 is 0.833 bits per heavy atom. The molecule has 0 heterocycles. The molecule has 0 aromatic heterocycles. The lowest BCUT2D eigenvalue weighted by molar-refractivity contribution is -0.123. The minimum Gasteiger partial charge on any atom is -0.497 e. The van der Waals surface area contributed by atoms with Gasteiger partial charge in [-0.05, 0) is 55.5 Å². The van der Waals surface area contributed by atoms with E-state index in [1.807, 2.05) is 0 Å². The van der Waals surface area contributed by atoms with E-state index in [1.165, 1.54) is 6.92 Å². The summed E-state index contributed by atoms with van der Waals surface area (Å²) >= 11 is 0. The molecule has 9 nitrogen and oxygen atoms in total. The zero-order valence-electron chi connectivity index (χ0n) is 17.0. The van der Waals surface area contributed by atoms with E-state index in [0.29, 0.717) is 28.6 Å². The van der Waals surface area contributed by atoms with Crippen molar-refractivity contribution in [2.45, 2.75) is 20.3 Å². The lowest BCUT2D eigenvalue weighted by Crippen LogP contribution is -2.26. The first-order chi connectivity index (χ1) is 14.4. The normalized spacial score (nSPS) is 10.7. The van der Waals surface area contributed by atoms with Crippen LogP contribution in [0.4, 0.5) is 11.4 Å². The number of hydrogen-bond donors (Lipinski definition) is 3. The van der Waals surface area contributed by atoms with Crippen molar-refractivity contribution in [3.63, 3.8) is 0 Å². The predicted octanol–water partition coefficient (Wildman–Crippen LogP) is 2.55. The molecular formula is C21H24N4O5. The lowest BCUT2D eigenvalue weighted by atomic mass is 10.2. The largest absolute Gasteiger partial charge is 0.497 e. The van der Waals surface area contributed by atoms with Crippen LogP contribution in [0.15, 0.2) is 53.6 Å². The van der Waals surface area contributed by atoms with Gasteiger partial charge in [-0.15, -0.1) is 0 Å². The Kier molecular flexibility index (Phi) is 8.37. The molecule has 2 aromatic rings. The highest BCUT2D eigenvalue weighted by molar-refractivity contribution is 6.05. The summed E-state index contributed by atoms with van der Waals surface area (Å²) in [4.78, 5) is 34.9. The third-order valence-corrected chi connectivity index (χ3v) is 3.71. The summed E-state index contributed by atoms with van der Waals surface area (Å²) in [5.41, 5.74) is 4.00. The minimum absolute atomic E-state index is 0.00701. The standard InChI is InChI=1S/C21H24N4O5/c1-14(12-20(27)23-17-6-4-16(5-7-17)22-15(2)26)24-25-21(28)13-30-19-10-8-18(29-3)9-11-19/h4-11H,12-13H2,1-3H3,(H,22,26)(H,23,27)(H,25,28)/b24-14-. The fraction of sp³-hybridized carbons (Fsp3) is 0.238. The van der Waals surface area contributed by atoms with Crippen LogP contribution in [0.1, 0.15) is 20.3 Å². The zero-order valence-corrected chi connectivity index (χ0v) is 17.0. The average Bonchev–Trinajstić information content (AvgIpc) is 2.72. The van der Waals surface area contributed by atoms with Gasteiger partial charge in [0.15, 0.2) is 6.61 Å². The average molecular weight is 412 g/mol. The Morgan fingerprint density at radius 2 is 1.40 bits per heavy atom. The Hall–Kier alpha value is -3.88. The smallest absolute Gasteiger partial charge is 0.277 e. The number of benzene rings is 2. The second-order valence-electron chi connectivity index (χ2n) is 6.33. The van der Waals surface area contributed by atoms with Gasteiger partial charge in [0.1, 0.15) is 11.5 Å². The molecule has 0 saturated heterocycles. The Morgan fingerprint density at radius 3 is 1.97 bits per heavy atom. The van der Waals surface area contributed by atoms with Gasteiger partial charge in [-0.3, -0.25) is 14.4 Å². The van der Waals surface area contributed by atoms with Gasteiger partial charge in [0.25, 0.3) is 5.91 Å². The molecule has 0 saturated carbocycles. The van der Waals surface area contributed by atoms with Crippen LogP contribution in [0.25, 0.3) is 0 Å². The van der Waals surface area contributed by atoms with Crippen LogP contribution in [-0.4, -0.2) is 37.1 Å². The Labute approximate surface area is 174 Å². The van der Waals surface area contributed by atoms with E-state index in [9.17, 15) is 14.4 Å². The molecule has 2 aromatic carbocycles. The molecule has 0 bridgehead atoms. The number of nitrogens with zero attached hydrogens (tertiary/aromatic N) is 1. The predicted molar refractivity (Wildman–Crippen MR) is 114 cm³/mol. The topological polar surface area (TPSA) is 118 Å². The van der Waals surface area contributed by atoms with Crippen LogP contribution < -0.4 is 25.5 Å². The van der Waals surface area contributed by atoms with Crippen molar-refractivity contribution in [1.82, 2.24) is 5.43 Å². The third-order valence-electron chi connectivity index (χ3n) is 3.71. The van der Waals surface area contributed by atoms with E-state index in [2.05, 4.69) is 21.2 Å². The molecule has 0 aliphatic rings. The minimum atomic E-state index is -0.445. The highest BCUT2D eigenvalue weighted by atomic mass is 16.5. The summed E-state index contributed by atoms with van der Waals surface area (Å²) < 4.78 is 10.4. The number of methoxy groups -OCH3 is 1. The Balaban J connectivity index is 1.74. The molecule has 3 N–H and O–H groups in total. The van der Waals surface area contributed by atoms with Gasteiger partial charge >= 0.3 is 0 Å². The molecule has 0 fully saturated rings. The van der Waals surface area contributed by atoms with Gasteiger partial charge in [-0.1, -0.05) is 0 Å². The number of ether oxygens (including phenoxy) is 2. The fourth-order valence-electron chi connectivity index (χ4n) is 2.33. The maximum Gasteiger partial charge on any atom is 0.277 e. The molecular weight excluding hydrogens is 388 g/mol. The molecule has 0 aliphatic carbocycles. The van der Waals surface area contributed by atoms with Crippen molar-refractivity contribution in [3.05, 3.63) is 48.5 Å². The first kappa shape index (κ1) is 22.4. The first-order valence-electron chi connectivity index (χ1n) is 9.12. The number of carbonyl (C=O) groups excluding carboxylic acids is 3. The summed E-state index contributed by atoms with van der Waals surface area (Å²) in [7, 11) is 1.56. The summed E-state index contributed by atoms with van der Waals surface area (Å²) in [6.07, 6.45) is 0.00701. The van der Waals surface area contributed by atoms with Crippen molar-refractivity contribution in [2.75, 3.05) is 24.4 Å². The van der Waals surface area contributed by atoms with Crippen LogP contribution >= 0.6 is 0 Å². The molecule has 158 valence electrons. The summed E-state index contributed by atoms with van der Waals surface area (Å²) in [5.74, 6) is 0.311. The van der Waals surface area contributed by atoms with Crippen molar-refractivity contribution < 1.29 is 23.9 Å². The van der Waals surface area contributed by atoms with Crippen molar-refractivity contribution in [3.8, 4) is 11.5 Å². The monoisotopic (exact) mass is 412 g/mol. The van der Waals surface area contributed by atoms with E-state index in [1.54, 1.807) is 62.6 Å². The van der Waals surface area contributed by atoms with E-state index in [-0.39, 0.29) is 24.8 Å². The van der Waals surface area contributed by atoms with Gasteiger partial charge in [0.2, 0.25) is 11.8 Å². The number of carbonyl (C=O) groups is 3. The molecule has 0 unspecified atom stereocenters. The lowest BCUT2D eigenvalue weighted by Gasteiger charge is -2.08. The number of nitrogens with one attached hydrogen (secondary N) is 3. The molecule has 0 radical (unpaired) electrons. The fourth-order valence-corrected chi connectivity index (χ4v) is 2.33. The summed E-state index contributed by atoms with van der Waals surface area (Å²) in [5, 5.41) is 9.26. The van der Waals surface area contributed by atoms with Crippen molar-refractivity contribution >= 4 is 34.8 Å². The zero-order chi connectivity index (χ0) is 21.9. The summed E-state index contributed by atoms with van der Waals surface area (Å²) in [6.45, 7) is 2.84. The second-order valence-corrected chi connectivity index (χ2v) is 6.33. The highest BCUT2D eigenvalue weighted by Gasteiger charge is 2.07. The number of anilines is 2. The number of hydrogen-bond acceptors (Lipinski definition) is 6. The maximum absolute atomic E-state index is 12.1. The van der Waals surface area contributed by atoms with E-state index < -0.39 is 5.91 Å². The third kappa shape index (κ3) is 8.01. The Bertz CT molecular complexity index is 908. The van der Waals surface area contributed by atoms with E-state index in [0.717, 1.165) is 0 Å². The van der Waals surface area contributed by atoms with Crippen molar-refractivity contribution in [2.24, 2.45) is 5.10 Å². The molecule has 0 spiro atoms. The van der Waals surface area contributed by atoms with Gasteiger partial charge in [-0.2, -0.15) is 5.10 Å². The van der Waals surface area contributed by atoms with Crippen LogP contribution in [0.2, 0.25) is 0 Å².